The number of hydrogen-bond donors (Lipinski definition) is 1. The molecule has 1 aromatic carbocycles. The van der Waals surface area contributed by atoms with Gasteiger partial charge in [-0.15, -0.1) is 0 Å². The summed E-state index contributed by atoms with van der Waals surface area (Å²) in [6.45, 7) is 6.91. The van der Waals surface area contributed by atoms with Crippen LogP contribution in [0.1, 0.15) is 45.6 Å². The Balaban J connectivity index is 1.83. The SMILES string of the molecule is CC(C)(C)OC(=O)N1CCC(COc2cc(C(F)F)ccc2O)CC1. The second-order valence-electron chi connectivity index (χ2n) is 7.25. The van der Waals surface area contributed by atoms with E-state index in [0.717, 1.165) is 18.9 Å². The molecule has 140 valence electrons. The number of piperidine rings is 1. The normalized spacial score (nSPS) is 16.2. The number of rotatable bonds is 4. The van der Waals surface area contributed by atoms with Crippen molar-refractivity contribution in [3.8, 4) is 11.5 Å². The third kappa shape index (κ3) is 5.76. The van der Waals surface area contributed by atoms with E-state index in [-0.39, 0.29) is 29.1 Å². The van der Waals surface area contributed by atoms with Gasteiger partial charge in [-0.1, -0.05) is 0 Å². The molecular formula is C18H25F2NO4. The van der Waals surface area contributed by atoms with Crippen molar-refractivity contribution in [2.24, 2.45) is 5.92 Å². The van der Waals surface area contributed by atoms with Gasteiger partial charge in [-0.2, -0.15) is 0 Å². The molecule has 1 aliphatic rings. The predicted molar refractivity (Wildman–Crippen MR) is 89.1 cm³/mol. The zero-order valence-corrected chi connectivity index (χ0v) is 14.8. The Kier molecular flexibility index (Phi) is 6.08. The highest BCUT2D eigenvalue weighted by molar-refractivity contribution is 5.68. The fourth-order valence-electron chi connectivity index (χ4n) is 2.60. The molecule has 1 heterocycles. The molecule has 0 spiro atoms. The van der Waals surface area contributed by atoms with Gasteiger partial charge in [-0.25, -0.2) is 13.6 Å². The molecule has 0 aliphatic carbocycles. The molecule has 0 aromatic heterocycles. The molecule has 1 saturated heterocycles. The number of carbonyl (C=O) groups is 1. The van der Waals surface area contributed by atoms with Crippen molar-refractivity contribution in [1.82, 2.24) is 4.90 Å². The minimum atomic E-state index is -2.61. The molecule has 0 atom stereocenters. The van der Waals surface area contributed by atoms with Gasteiger partial charge in [-0.3, -0.25) is 0 Å². The molecule has 1 fully saturated rings. The van der Waals surface area contributed by atoms with Gasteiger partial charge in [0.1, 0.15) is 5.60 Å². The average molecular weight is 357 g/mol. The number of phenolic OH excluding ortho intramolecular Hbond substituents is 1. The molecule has 1 aliphatic heterocycles. The highest BCUT2D eigenvalue weighted by atomic mass is 19.3. The number of ether oxygens (including phenoxy) is 2. The first-order valence-corrected chi connectivity index (χ1v) is 8.37. The van der Waals surface area contributed by atoms with Gasteiger partial charge in [0.05, 0.1) is 6.61 Å². The predicted octanol–water partition coefficient (Wildman–Crippen LogP) is 4.36. The van der Waals surface area contributed by atoms with Crippen molar-refractivity contribution < 1.29 is 28.2 Å². The minimum absolute atomic E-state index is 0.0624. The van der Waals surface area contributed by atoms with Crippen LogP contribution in [0.4, 0.5) is 13.6 Å². The van der Waals surface area contributed by atoms with Crippen LogP contribution in [0.25, 0.3) is 0 Å². The van der Waals surface area contributed by atoms with E-state index in [9.17, 15) is 18.7 Å². The van der Waals surface area contributed by atoms with Crippen molar-refractivity contribution in [2.45, 2.75) is 45.6 Å². The van der Waals surface area contributed by atoms with Crippen molar-refractivity contribution in [3.05, 3.63) is 23.8 Å². The maximum Gasteiger partial charge on any atom is 0.410 e. The highest BCUT2D eigenvalue weighted by Gasteiger charge is 2.27. The van der Waals surface area contributed by atoms with Crippen molar-refractivity contribution in [1.29, 1.82) is 0 Å². The number of hydrogen-bond acceptors (Lipinski definition) is 4. The van der Waals surface area contributed by atoms with E-state index < -0.39 is 12.0 Å². The summed E-state index contributed by atoms with van der Waals surface area (Å²) in [6.07, 6.45) is -1.47. The number of amides is 1. The van der Waals surface area contributed by atoms with Crippen LogP contribution in [-0.2, 0) is 4.74 Å². The lowest BCUT2D eigenvalue weighted by Gasteiger charge is -2.33. The molecule has 0 bridgehead atoms. The third-order valence-electron chi connectivity index (χ3n) is 3.98. The Labute approximate surface area is 146 Å². The lowest BCUT2D eigenvalue weighted by Crippen LogP contribution is -2.42. The molecule has 1 N–H and O–H groups in total. The summed E-state index contributed by atoms with van der Waals surface area (Å²) in [5, 5.41) is 9.73. The summed E-state index contributed by atoms with van der Waals surface area (Å²) in [6, 6.07) is 3.55. The Morgan fingerprint density at radius 2 is 1.96 bits per heavy atom. The van der Waals surface area contributed by atoms with Crippen LogP contribution >= 0.6 is 0 Å². The van der Waals surface area contributed by atoms with Crippen molar-refractivity contribution in [2.75, 3.05) is 19.7 Å². The second kappa shape index (κ2) is 7.89. The van der Waals surface area contributed by atoms with Crippen LogP contribution in [0.2, 0.25) is 0 Å². The molecule has 7 heteroatoms. The summed E-state index contributed by atoms with van der Waals surface area (Å²) in [5.74, 6) is 0.0938. The van der Waals surface area contributed by atoms with E-state index in [1.54, 1.807) is 4.90 Å². The number of phenols is 1. The number of nitrogens with zero attached hydrogens (tertiary/aromatic N) is 1. The highest BCUT2D eigenvalue weighted by Crippen LogP contribution is 2.32. The number of alkyl halides is 2. The molecule has 2 rings (SSSR count). The van der Waals surface area contributed by atoms with Crippen molar-refractivity contribution >= 4 is 6.09 Å². The number of aromatic hydroxyl groups is 1. The third-order valence-corrected chi connectivity index (χ3v) is 3.98. The standard InChI is InChI=1S/C18H25F2NO4/c1-18(2,3)25-17(23)21-8-6-12(7-9-21)11-24-15-10-13(16(19)20)4-5-14(15)22/h4-5,10,12,16,22H,6-9,11H2,1-3H3. The van der Waals surface area contributed by atoms with Gasteiger partial charge in [-0.05, 0) is 57.7 Å². The van der Waals surface area contributed by atoms with E-state index in [2.05, 4.69) is 0 Å². The molecule has 1 amide bonds. The van der Waals surface area contributed by atoms with Crippen LogP contribution in [0, 0.1) is 5.92 Å². The first-order chi connectivity index (χ1) is 11.7. The number of carbonyl (C=O) groups excluding carboxylic acids is 1. The Hall–Kier alpha value is -2.05. The van der Waals surface area contributed by atoms with Gasteiger partial charge in [0.25, 0.3) is 6.43 Å². The Bertz CT molecular complexity index is 593. The van der Waals surface area contributed by atoms with Crippen LogP contribution < -0.4 is 4.74 Å². The maximum absolute atomic E-state index is 12.7. The second-order valence-corrected chi connectivity index (χ2v) is 7.25. The van der Waals surface area contributed by atoms with Gasteiger partial charge < -0.3 is 19.5 Å². The molecular weight excluding hydrogens is 332 g/mol. The van der Waals surface area contributed by atoms with Gasteiger partial charge in [0.2, 0.25) is 0 Å². The first kappa shape index (κ1) is 19.3. The quantitative estimate of drug-likeness (QED) is 0.870. The fourth-order valence-corrected chi connectivity index (χ4v) is 2.60. The van der Waals surface area contributed by atoms with Gasteiger partial charge in [0, 0.05) is 18.7 Å². The Morgan fingerprint density at radius 3 is 2.52 bits per heavy atom. The van der Waals surface area contributed by atoms with E-state index in [1.165, 1.54) is 12.1 Å². The van der Waals surface area contributed by atoms with E-state index in [1.807, 2.05) is 20.8 Å². The summed E-state index contributed by atoms with van der Waals surface area (Å²) in [4.78, 5) is 13.7. The molecule has 1 aromatic rings. The minimum Gasteiger partial charge on any atom is -0.504 e. The van der Waals surface area contributed by atoms with E-state index in [0.29, 0.717) is 19.7 Å². The number of likely N-dealkylation sites (tertiary alicyclic amines) is 1. The molecule has 0 saturated carbocycles. The lowest BCUT2D eigenvalue weighted by molar-refractivity contribution is 0.0164. The lowest BCUT2D eigenvalue weighted by atomic mass is 9.98. The van der Waals surface area contributed by atoms with E-state index in [4.69, 9.17) is 9.47 Å². The van der Waals surface area contributed by atoms with Crippen LogP contribution in [0.5, 0.6) is 11.5 Å². The fraction of sp³-hybridized carbons (Fsp3) is 0.611. The van der Waals surface area contributed by atoms with E-state index >= 15 is 0 Å². The zero-order valence-electron chi connectivity index (χ0n) is 14.8. The largest absolute Gasteiger partial charge is 0.504 e. The van der Waals surface area contributed by atoms with Crippen LogP contribution in [-0.4, -0.2) is 41.4 Å². The summed E-state index contributed by atoms with van der Waals surface area (Å²) in [7, 11) is 0. The molecule has 0 radical (unpaired) electrons. The molecule has 0 unspecified atom stereocenters. The molecule has 5 nitrogen and oxygen atoms in total. The first-order valence-electron chi connectivity index (χ1n) is 8.37. The maximum atomic E-state index is 12.7. The van der Waals surface area contributed by atoms with Gasteiger partial charge in [0.15, 0.2) is 11.5 Å². The zero-order chi connectivity index (χ0) is 18.6. The summed E-state index contributed by atoms with van der Waals surface area (Å²) in [5.41, 5.74) is -0.711. The smallest absolute Gasteiger partial charge is 0.410 e. The van der Waals surface area contributed by atoms with Gasteiger partial charge >= 0.3 is 6.09 Å². The average Bonchev–Trinajstić information content (AvgIpc) is 2.52. The Morgan fingerprint density at radius 1 is 1.32 bits per heavy atom. The van der Waals surface area contributed by atoms with Crippen molar-refractivity contribution in [3.63, 3.8) is 0 Å². The monoisotopic (exact) mass is 357 g/mol. The van der Waals surface area contributed by atoms with Crippen LogP contribution in [0.3, 0.4) is 0 Å². The summed E-state index contributed by atoms with van der Waals surface area (Å²) < 4.78 is 36.3. The van der Waals surface area contributed by atoms with Crippen LogP contribution in [0.15, 0.2) is 18.2 Å². The molecule has 25 heavy (non-hydrogen) atoms. The number of benzene rings is 1. The number of halogens is 2. The topological polar surface area (TPSA) is 59.0 Å². The summed E-state index contributed by atoms with van der Waals surface area (Å²) >= 11 is 0.